The molecule has 8 heteroatoms. The second kappa shape index (κ2) is 10.4. The van der Waals surface area contributed by atoms with E-state index in [-0.39, 0.29) is 29.0 Å². The molecule has 8 nitrogen and oxygen atoms in total. The molecule has 2 heterocycles. The molecule has 0 aliphatic carbocycles. The summed E-state index contributed by atoms with van der Waals surface area (Å²) in [4.78, 5) is 41.3. The molecule has 3 amide bonds. The van der Waals surface area contributed by atoms with E-state index in [1.54, 1.807) is 41.0 Å². The molecule has 0 bridgehead atoms. The molecule has 0 unspecified atom stereocenters. The second-order valence-corrected chi connectivity index (χ2v) is 8.83. The fourth-order valence-corrected chi connectivity index (χ4v) is 3.46. The first-order chi connectivity index (χ1) is 15.7. The molecule has 176 valence electrons. The van der Waals surface area contributed by atoms with Gasteiger partial charge in [-0.3, -0.25) is 9.59 Å². The maximum Gasteiger partial charge on any atom is 0.409 e. The lowest BCUT2D eigenvalue weighted by atomic mass is 9.87. The van der Waals surface area contributed by atoms with Gasteiger partial charge in [0.1, 0.15) is 11.5 Å². The molecular formula is C25H31N3O5. The average molecular weight is 454 g/mol. The number of rotatable bonds is 5. The van der Waals surface area contributed by atoms with Crippen molar-refractivity contribution in [1.29, 1.82) is 0 Å². The number of hydrogen-bond acceptors (Lipinski definition) is 5. The first kappa shape index (κ1) is 24.1. The number of carbonyl (C=O) groups is 3. The smallest absolute Gasteiger partial charge is 0.409 e. The highest BCUT2D eigenvalue weighted by Gasteiger charge is 2.28. The Kier molecular flexibility index (Phi) is 7.58. The van der Waals surface area contributed by atoms with E-state index in [2.05, 4.69) is 26.1 Å². The van der Waals surface area contributed by atoms with Crippen molar-refractivity contribution in [1.82, 2.24) is 15.1 Å². The second-order valence-electron chi connectivity index (χ2n) is 8.83. The lowest BCUT2D eigenvalue weighted by molar-refractivity contribution is -0.128. The van der Waals surface area contributed by atoms with E-state index in [0.29, 0.717) is 44.1 Å². The quantitative estimate of drug-likeness (QED) is 0.698. The van der Waals surface area contributed by atoms with Crippen molar-refractivity contribution in [2.24, 2.45) is 0 Å². The lowest BCUT2D eigenvalue weighted by Crippen LogP contribution is -2.52. The molecule has 1 fully saturated rings. The van der Waals surface area contributed by atoms with Crippen LogP contribution in [0.25, 0.3) is 6.08 Å². The van der Waals surface area contributed by atoms with Crippen LogP contribution in [0.3, 0.4) is 0 Å². The number of nitrogens with one attached hydrogen (secondary N) is 1. The molecule has 0 saturated carbocycles. The van der Waals surface area contributed by atoms with Crippen LogP contribution in [0.4, 0.5) is 4.79 Å². The minimum atomic E-state index is -0.386. The fraction of sp³-hybridized carbons (Fsp3) is 0.400. The first-order valence-corrected chi connectivity index (χ1v) is 11.1. The first-order valence-electron chi connectivity index (χ1n) is 11.1. The van der Waals surface area contributed by atoms with Crippen molar-refractivity contribution in [3.8, 4) is 0 Å². The summed E-state index contributed by atoms with van der Waals surface area (Å²) < 4.78 is 10.4. The summed E-state index contributed by atoms with van der Waals surface area (Å²) in [5.74, 6) is -0.270. The van der Waals surface area contributed by atoms with Crippen LogP contribution in [0, 0.1) is 0 Å². The highest BCUT2D eigenvalue weighted by molar-refractivity contribution is 6.05. The van der Waals surface area contributed by atoms with Gasteiger partial charge in [0.05, 0.1) is 12.9 Å². The van der Waals surface area contributed by atoms with Gasteiger partial charge in [0.15, 0.2) is 0 Å². The number of hydrogen-bond donors (Lipinski definition) is 1. The summed E-state index contributed by atoms with van der Waals surface area (Å²) in [5.41, 5.74) is 1.65. The number of piperazine rings is 1. The molecule has 1 aromatic carbocycles. The van der Waals surface area contributed by atoms with Gasteiger partial charge in [0.25, 0.3) is 11.8 Å². The number of furan rings is 1. The van der Waals surface area contributed by atoms with Gasteiger partial charge in [-0.1, -0.05) is 32.9 Å². The minimum Gasteiger partial charge on any atom is -0.465 e. The number of nitrogens with zero attached hydrogens (tertiary/aromatic N) is 2. The van der Waals surface area contributed by atoms with Crippen LogP contribution in [0.1, 0.15) is 49.4 Å². The van der Waals surface area contributed by atoms with Gasteiger partial charge in [-0.25, -0.2) is 4.79 Å². The van der Waals surface area contributed by atoms with Gasteiger partial charge >= 0.3 is 6.09 Å². The van der Waals surface area contributed by atoms with E-state index < -0.39 is 0 Å². The van der Waals surface area contributed by atoms with Gasteiger partial charge in [-0.15, -0.1) is 0 Å². The Bertz CT molecular complexity index is 996. The molecule has 2 aromatic rings. The maximum absolute atomic E-state index is 13.2. The molecule has 1 aliphatic heterocycles. The summed E-state index contributed by atoms with van der Waals surface area (Å²) in [6.07, 6.45) is 2.63. The summed E-state index contributed by atoms with van der Waals surface area (Å²) in [6.45, 7) is 9.76. The molecule has 3 rings (SSSR count). The standard InChI is InChI=1S/C25H31N3O5/c1-5-32-24(31)28-14-12-27(13-15-28)23(30)21(17-20-7-6-16-33-20)26-22(29)18-8-10-19(11-9-18)25(2,3)4/h6-11,16-17H,5,12-15H2,1-4H3,(H,26,29)/b21-17-. The Hall–Kier alpha value is -3.55. The topological polar surface area (TPSA) is 92.1 Å². The Labute approximate surface area is 194 Å². The van der Waals surface area contributed by atoms with Crippen molar-refractivity contribution in [2.45, 2.75) is 33.1 Å². The van der Waals surface area contributed by atoms with E-state index in [4.69, 9.17) is 9.15 Å². The average Bonchev–Trinajstić information content (AvgIpc) is 3.31. The van der Waals surface area contributed by atoms with E-state index in [9.17, 15) is 14.4 Å². The number of amides is 3. The van der Waals surface area contributed by atoms with E-state index in [1.165, 1.54) is 12.3 Å². The fourth-order valence-electron chi connectivity index (χ4n) is 3.46. The van der Waals surface area contributed by atoms with Gasteiger partial charge in [0.2, 0.25) is 0 Å². The molecular weight excluding hydrogens is 422 g/mol. The number of ether oxygens (including phenoxy) is 1. The van der Waals surface area contributed by atoms with Gasteiger partial charge in [-0.05, 0) is 42.2 Å². The minimum absolute atomic E-state index is 0.0268. The third-order valence-electron chi connectivity index (χ3n) is 5.41. The Balaban J connectivity index is 1.74. The third-order valence-corrected chi connectivity index (χ3v) is 5.41. The third kappa shape index (κ3) is 6.25. The van der Waals surface area contributed by atoms with Crippen LogP contribution in [-0.2, 0) is 14.9 Å². The van der Waals surface area contributed by atoms with Crippen molar-refractivity contribution in [3.05, 3.63) is 65.2 Å². The van der Waals surface area contributed by atoms with Crippen molar-refractivity contribution >= 4 is 24.0 Å². The summed E-state index contributed by atoms with van der Waals surface area (Å²) in [7, 11) is 0. The molecule has 0 spiro atoms. The van der Waals surface area contributed by atoms with Gasteiger partial charge < -0.3 is 24.3 Å². The molecule has 33 heavy (non-hydrogen) atoms. The van der Waals surface area contributed by atoms with Crippen LogP contribution >= 0.6 is 0 Å². The SMILES string of the molecule is CCOC(=O)N1CCN(C(=O)/C(=C/c2ccco2)NC(=O)c2ccc(C(C)(C)C)cc2)CC1. The Morgan fingerprint density at radius 1 is 1.03 bits per heavy atom. The van der Waals surface area contributed by atoms with Gasteiger partial charge in [-0.2, -0.15) is 0 Å². The zero-order valence-electron chi connectivity index (χ0n) is 19.6. The van der Waals surface area contributed by atoms with Gasteiger partial charge in [0, 0.05) is 37.8 Å². The summed E-state index contributed by atoms with van der Waals surface area (Å²) >= 11 is 0. The van der Waals surface area contributed by atoms with Crippen molar-refractivity contribution in [2.75, 3.05) is 32.8 Å². The molecule has 1 N–H and O–H groups in total. The predicted molar refractivity (Wildman–Crippen MR) is 124 cm³/mol. The van der Waals surface area contributed by atoms with Crippen LogP contribution in [0.15, 0.2) is 52.8 Å². The number of carbonyl (C=O) groups excluding carboxylic acids is 3. The maximum atomic E-state index is 13.2. The lowest BCUT2D eigenvalue weighted by Gasteiger charge is -2.34. The van der Waals surface area contributed by atoms with Crippen molar-refractivity contribution < 1.29 is 23.5 Å². The largest absolute Gasteiger partial charge is 0.465 e. The zero-order chi connectivity index (χ0) is 24.0. The van der Waals surface area contributed by atoms with E-state index >= 15 is 0 Å². The Morgan fingerprint density at radius 3 is 2.21 bits per heavy atom. The van der Waals surface area contributed by atoms with E-state index in [1.807, 2.05) is 12.1 Å². The Morgan fingerprint density at radius 2 is 1.67 bits per heavy atom. The summed E-state index contributed by atoms with van der Waals surface area (Å²) in [6, 6.07) is 10.8. The predicted octanol–water partition coefficient (Wildman–Crippen LogP) is 3.65. The number of benzene rings is 1. The highest BCUT2D eigenvalue weighted by Crippen LogP contribution is 2.22. The normalized spacial score (nSPS) is 14.7. The highest BCUT2D eigenvalue weighted by atomic mass is 16.6. The molecule has 1 aliphatic rings. The molecule has 1 aromatic heterocycles. The summed E-state index contributed by atoms with van der Waals surface area (Å²) in [5, 5.41) is 2.75. The van der Waals surface area contributed by atoms with Crippen LogP contribution < -0.4 is 5.32 Å². The molecule has 0 atom stereocenters. The van der Waals surface area contributed by atoms with Crippen LogP contribution in [0.5, 0.6) is 0 Å². The molecule has 0 radical (unpaired) electrons. The molecule has 1 saturated heterocycles. The monoisotopic (exact) mass is 453 g/mol. The van der Waals surface area contributed by atoms with E-state index in [0.717, 1.165) is 5.56 Å². The zero-order valence-corrected chi connectivity index (χ0v) is 19.6. The van der Waals surface area contributed by atoms with Crippen molar-refractivity contribution in [3.63, 3.8) is 0 Å². The van der Waals surface area contributed by atoms with Crippen LogP contribution in [0.2, 0.25) is 0 Å². The van der Waals surface area contributed by atoms with Crippen LogP contribution in [-0.4, -0.2) is 60.5 Å².